The van der Waals surface area contributed by atoms with Gasteiger partial charge in [0.15, 0.2) is 0 Å². The largest absolute Gasteiger partial charge is 0.442 e. The van der Waals surface area contributed by atoms with E-state index in [1.54, 1.807) is 10.9 Å². The summed E-state index contributed by atoms with van der Waals surface area (Å²) in [4.78, 5) is 32.3. The molecular weight excluding hydrogens is 419 g/mol. The molecule has 31 heavy (non-hydrogen) atoms. The van der Waals surface area contributed by atoms with E-state index in [1.807, 2.05) is 5.32 Å². The molecule has 1 aliphatic heterocycles. The third-order valence-corrected chi connectivity index (χ3v) is 4.52. The molecule has 4 rings (SSSR count). The number of aromatic nitrogens is 5. The highest BCUT2D eigenvalue weighted by molar-refractivity contribution is 5.90. The van der Waals surface area contributed by atoms with Crippen LogP contribution in [0.15, 0.2) is 43.4 Å². The summed E-state index contributed by atoms with van der Waals surface area (Å²) >= 11 is 0. The van der Waals surface area contributed by atoms with Gasteiger partial charge in [-0.15, -0.1) is 0 Å². The molecule has 1 fully saturated rings. The van der Waals surface area contributed by atoms with E-state index in [9.17, 15) is 22.8 Å². The minimum Gasteiger partial charge on any atom is -0.442 e. The number of ether oxygens (including phenoxy) is 1. The molecule has 1 aliphatic rings. The van der Waals surface area contributed by atoms with E-state index in [-0.39, 0.29) is 24.5 Å². The highest BCUT2D eigenvalue weighted by Gasteiger charge is 2.33. The number of benzene rings is 1. The van der Waals surface area contributed by atoms with Crippen molar-refractivity contribution in [2.24, 2.45) is 0 Å². The first-order valence-electron chi connectivity index (χ1n) is 9.10. The van der Waals surface area contributed by atoms with E-state index in [2.05, 4.69) is 15.1 Å². The first kappa shape index (κ1) is 20.4. The number of carbonyl (C=O) groups is 2. The fourth-order valence-electron chi connectivity index (χ4n) is 3.06. The molecule has 0 saturated carbocycles. The fourth-order valence-corrected chi connectivity index (χ4v) is 3.06. The van der Waals surface area contributed by atoms with Crippen LogP contribution in [0.4, 0.5) is 23.7 Å². The Hall–Kier alpha value is -3.90. The Morgan fingerprint density at radius 2 is 2.16 bits per heavy atom. The van der Waals surface area contributed by atoms with Gasteiger partial charge in [-0.1, -0.05) is 0 Å². The van der Waals surface area contributed by atoms with Gasteiger partial charge in [-0.2, -0.15) is 13.9 Å². The highest BCUT2D eigenvalue weighted by atomic mass is 19.3. The van der Waals surface area contributed by atoms with E-state index in [0.717, 1.165) is 11.0 Å². The second-order valence-electron chi connectivity index (χ2n) is 6.66. The van der Waals surface area contributed by atoms with Gasteiger partial charge in [0, 0.05) is 6.20 Å². The first-order chi connectivity index (χ1) is 14.9. The van der Waals surface area contributed by atoms with Crippen molar-refractivity contribution in [1.29, 1.82) is 0 Å². The van der Waals surface area contributed by atoms with Gasteiger partial charge in [-0.05, 0) is 18.2 Å². The molecule has 13 heteroatoms. The molecule has 0 unspecified atom stereocenters. The molecule has 0 spiro atoms. The second kappa shape index (κ2) is 8.45. The van der Waals surface area contributed by atoms with Crippen molar-refractivity contribution in [3.63, 3.8) is 0 Å². The Morgan fingerprint density at radius 3 is 2.87 bits per heavy atom. The molecule has 1 aromatic carbocycles. The molecule has 0 bridgehead atoms. The molecule has 162 valence electrons. The molecule has 10 nitrogen and oxygen atoms in total. The number of hydrogen-bond donors (Lipinski definition) is 1. The molecule has 0 aliphatic carbocycles. The van der Waals surface area contributed by atoms with Crippen LogP contribution < -0.4 is 10.2 Å². The van der Waals surface area contributed by atoms with Crippen molar-refractivity contribution in [2.75, 3.05) is 18.0 Å². The lowest BCUT2D eigenvalue weighted by molar-refractivity contribution is -0.132. The monoisotopic (exact) mass is 435 g/mol. The lowest BCUT2D eigenvalue weighted by Crippen LogP contribution is -2.37. The Balaban J connectivity index is 1.43. The number of cyclic esters (lactones) is 1. The minimum absolute atomic E-state index is 0.0196. The number of alkyl halides is 2. The van der Waals surface area contributed by atoms with E-state index in [1.165, 1.54) is 35.7 Å². The van der Waals surface area contributed by atoms with Gasteiger partial charge >= 0.3 is 12.5 Å². The second-order valence-corrected chi connectivity index (χ2v) is 6.66. The van der Waals surface area contributed by atoms with Gasteiger partial charge < -0.3 is 14.6 Å². The number of nitrogens with zero attached hydrogens (tertiary/aromatic N) is 6. The number of nitrogens with one attached hydrogen (secondary N) is 1. The van der Waals surface area contributed by atoms with Crippen molar-refractivity contribution < 1.29 is 27.5 Å². The van der Waals surface area contributed by atoms with Crippen LogP contribution in [-0.2, 0) is 16.1 Å². The van der Waals surface area contributed by atoms with Gasteiger partial charge in [0.1, 0.15) is 24.6 Å². The lowest BCUT2D eigenvalue weighted by Gasteiger charge is -2.14. The van der Waals surface area contributed by atoms with E-state index < -0.39 is 30.3 Å². The van der Waals surface area contributed by atoms with Crippen LogP contribution >= 0.6 is 0 Å². The Kier molecular flexibility index (Phi) is 5.56. The lowest BCUT2D eigenvalue weighted by atomic mass is 10.2. The van der Waals surface area contributed by atoms with Crippen LogP contribution in [0.5, 0.6) is 0 Å². The van der Waals surface area contributed by atoms with Gasteiger partial charge in [-0.3, -0.25) is 9.69 Å². The van der Waals surface area contributed by atoms with Gasteiger partial charge in [-0.25, -0.2) is 23.8 Å². The number of imidazole rings is 1. The number of amides is 2. The molecule has 2 amide bonds. The zero-order valence-electron chi connectivity index (χ0n) is 15.9. The van der Waals surface area contributed by atoms with E-state index >= 15 is 0 Å². The Labute approximate surface area is 173 Å². The topological polar surface area (TPSA) is 107 Å². The molecular formula is C18H16F3N7O3. The summed E-state index contributed by atoms with van der Waals surface area (Å²) in [6.45, 7) is 0.0830. The summed E-state index contributed by atoms with van der Waals surface area (Å²) in [5.74, 6) is -2.06. The van der Waals surface area contributed by atoms with Crippen LogP contribution in [-0.4, -0.2) is 61.9 Å². The normalized spacial score (nSPS) is 16.1. The van der Waals surface area contributed by atoms with E-state index in [0.29, 0.717) is 12.2 Å². The molecule has 3 aromatic rings. The van der Waals surface area contributed by atoms with Crippen molar-refractivity contribution >= 4 is 17.7 Å². The summed E-state index contributed by atoms with van der Waals surface area (Å²) in [7, 11) is 0. The number of hydrogen-bond acceptors (Lipinski definition) is 6. The number of carbonyl (C=O) groups excluding carboxylic acids is 2. The summed E-state index contributed by atoms with van der Waals surface area (Å²) < 4.78 is 47.4. The fraction of sp³-hybridized carbons (Fsp3) is 0.278. The predicted octanol–water partition coefficient (Wildman–Crippen LogP) is 1.36. The third kappa shape index (κ3) is 4.49. The zero-order valence-corrected chi connectivity index (χ0v) is 15.9. The molecule has 0 radical (unpaired) electrons. The van der Waals surface area contributed by atoms with Crippen LogP contribution in [0.2, 0.25) is 0 Å². The number of halogens is 3. The molecule has 1 N–H and O–H groups in total. The quantitative estimate of drug-likeness (QED) is 0.601. The standard InChI is InChI=1S/C18H16F3N7O3/c19-14-3-12(28-7-13(31-18(28)30)4-23-17(29)16(20)21)1-2-15(14)26-5-11(24-10-26)6-27-9-22-8-25-27/h1-3,5,8-10,13,16H,4,6-7H2,(H,23,29)/t13-/m0/s1. The first-order valence-corrected chi connectivity index (χ1v) is 9.10. The maximum atomic E-state index is 14.7. The van der Waals surface area contributed by atoms with Crippen LogP contribution in [0.3, 0.4) is 0 Å². The van der Waals surface area contributed by atoms with Crippen LogP contribution in [0.1, 0.15) is 5.69 Å². The molecule has 2 aromatic heterocycles. The van der Waals surface area contributed by atoms with Crippen LogP contribution in [0.25, 0.3) is 5.69 Å². The highest BCUT2D eigenvalue weighted by Crippen LogP contribution is 2.25. The summed E-state index contributed by atoms with van der Waals surface area (Å²) in [6, 6.07) is 4.16. The number of anilines is 1. The average molecular weight is 435 g/mol. The van der Waals surface area contributed by atoms with Crippen molar-refractivity contribution in [1.82, 2.24) is 29.6 Å². The SMILES string of the molecule is O=C(NC[C@H]1CN(c2ccc(-n3cnc(Cn4cncn4)c3)c(F)c2)C(=O)O1)C(F)F. The molecule has 3 heterocycles. The zero-order chi connectivity index (χ0) is 22.0. The van der Waals surface area contributed by atoms with Crippen molar-refractivity contribution in [3.8, 4) is 5.69 Å². The molecule has 1 saturated heterocycles. The summed E-state index contributed by atoms with van der Waals surface area (Å²) in [5.41, 5.74) is 1.09. The van der Waals surface area contributed by atoms with Crippen molar-refractivity contribution in [2.45, 2.75) is 19.1 Å². The smallest absolute Gasteiger partial charge is 0.414 e. The van der Waals surface area contributed by atoms with Gasteiger partial charge in [0.05, 0.1) is 43.0 Å². The summed E-state index contributed by atoms with van der Waals surface area (Å²) in [6.07, 6.45) is 1.29. The average Bonchev–Trinajstić information content (AvgIpc) is 3.48. The van der Waals surface area contributed by atoms with Gasteiger partial charge in [0.25, 0.3) is 5.91 Å². The van der Waals surface area contributed by atoms with Crippen molar-refractivity contribution in [3.05, 3.63) is 54.9 Å². The van der Waals surface area contributed by atoms with Crippen LogP contribution in [0, 0.1) is 5.82 Å². The molecule has 1 atom stereocenters. The van der Waals surface area contributed by atoms with E-state index in [4.69, 9.17) is 4.74 Å². The third-order valence-electron chi connectivity index (χ3n) is 4.52. The van der Waals surface area contributed by atoms with Gasteiger partial charge in [0.2, 0.25) is 0 Å². The minimum atomic E-state index is -3.16. The maximum absolute atomic E-state index is 14.7. The predicted molar refractivity (Wildman–Crippen MR) is 99.3 cm³/mol. The summed E-state index contributed by atoms with van der Waals surface area (Å²) in [5, 5.41) is 5.97. The number of rotatable bonds is 7. The maximum Gasteiger partial charge on any atom is 0.414 e. The Morgan fingerprint density at radius 1 is 1.32 bits per heavy atom. The Bertz CT molecular complexity index is 1090.